The lowest BCUT2D eigenvalue weighted by molar-refractivity contribution is 0.0673. The predicted molar refractivity (Wildman–Crippen MR) is 116 cm³/mol. The molecule has 1 amide bonds. The second-order valence-electron chi connectivity index (χ2n) is 6.43. The molecule has 152 valence electrons. The Morgan fingerprint density at radius 3 is 2.52 bits per heavy atom. The first kappa shape index (κ1) is 21.7. The number of nitrogens with zero attached hydrogens (tertiary/aromatic N) is 3. The Labute approximate surface area is 184 Å². The van der Waals surface area contributed by atoms with Crippen LogP contribution >= 0.6 is 34.8 Å². The van der Waals surface area contributed by atoms with Crippen molar-refractivity contribution in [2.24, 2.45) is 0 Å². The number of carbonyl (C=O) groups excluding carboxylic acids is 1. The maximum absolute atomic E-state index is 13.0. The number of hydrogen-bond donors (Lipinski definition) is 0. The molecule has 29 heavy (non-hydrogen) atoms. The molecule has 0 aliphatic carbocycles. The van der Waals surface area contributed by atoms with Crippen molar-refractivity contribution in [3.63, 3.8) is 0 Å². The summed E-state index contributed by atoms with van der Waals surface area (Å²) in [5.41, 5.74) is 1.48. The van der Waals surface area contributed by atoms with Crippen LogP contribution in [0.4, 0.5) is 0 Å². The van der Waals surface area contributed by atoms with Gasteiger partial charge in [0, 0.05) is 46.7 Å². The number of methoxy groups -OCH3 is 1. The first-order valence-electron chi connectivity index (χ1n) is 8.95. The molecule has 0 fully saturated rings. The summed E-state index contributed by atoms with van der Waals surface area (Å²) in [6.45, 7) is 1.72. The molecular formula is C21H20Cl3N3O2. The van der Waals surface area contributed by atoms with Gasteiger partial charge in [0.05, 0.1) is 19.7 Å². The van der Waals surface area contributed by atoms with E-state index in [1.54, 1.807) is 54.6 Å². The zero-order valence-corrected chi connectivity index (χ0v) is 18.1. The highest BCUT2D eigenvalue weighted by molar-refractivity contribution is 6.35. The standard InChI is InChI=1S/C21H20Cl3N3O2/c1-29-11-10-27(21(28)15-2-5-17(22)6-3-15)14-20-25-8-9-26(20)13-16-4-7-18(23)12-19(16)24/h2-9,12H,10-11,13-14H2,1H3. The van der Waals surface area contributed by atoms with Crippen molar-refractivity contribution in [1.29, 1.82) is 0 Å². The summed E-state index contributed by atoms with van der Waals surface area (Å²) in [6, 6.07) is 12.2. The van der Waals surface area contributed by atoms with Gasteiger partial charge in [-0.25, -0.2) is 4.98 Å². The van der Waals surface area contributed by atoms with Gasteiger partial charge in [0.15, 0.2) is 0 Å². The highest BCUT2D eigenvalue weighted by Gasteiger charge is 2.18. The van der Waals surface area contributed by atoms with Crippen LogP contribution in [0.1, 0.15) is 21.7 Å². The molecule has 0 saturated heterocycles. The predicted octanol–water partition coefficient (Wildman–Crippen LogP) is 5.18. The Hall–Kier alpha value is -2.05. The van der Waals surface area contributed by atoms with E-state index in [2.05, 4.69) is 4.98 Å². The topological polar surface area (TPSA) is 47.4 Å². The van der Waals surface area contributed by atoms with Crippen LogP contribution in [-0.2, 0) is 17.8 Å². The SMILES string of the molecule is COCCN(Cc1nccn1Cc1ccc(Cl)cc1Cl)C(=O)c1ccc(Cl)cc1. The smallest absolute Gasteiger partial charge is 0.254 e. The molecule has 5 nitrogen and oxygen atoms in total. The number of rotatable bonds is 8. The number of halogens is 3. The molecule has 0 bridgehead atoms. The molecule has 0 atom stereocenters. The molecule has 2 aromatic carbocycles. The lowest BCUT2D eigenvalue weighted by Gasteiger charge is -2.23. The Balaban J connectivity index is 1.80. The Morgan fingerprint density at radius 1 is 1.10 bits per heavy atom. The summed E-state index contributed by atoms with van der Waals surface area (Å²) >= 11 is 18.2. The summed E-state index contributed by atoms with van der Waals surface area (Å²) in [6.07, 6.45) is 3.57. The van der Waals surface area contributed by atoms with Crippen molar-refractivity contribution < 1.29 is 9.53 Å². The van der Waals surface area contributed by atoms with E-state index >= 15 is 0 Å². The summed E-state index contributed by atoms with van der Waals surface area (Å²) in [4.78, 5) is 19.1. The van der Waals surface area contributed by atoms with Gasteiger partial charge in [-0.3, -0.25) is 4.79 Å². The molecule has 3 rings (SSSR count). The third kappa shape index (κ3) is 5.73. The van der Waals surface area contributed by atoms with E-state index < -0.39 is 0 Å². The lowest BCUT2D eigenvalue weighted by Crippen LogP contribution is -2.34. The highest BCUT2D eigenvalue weighted by Crippen LogP contribution is 2.22. The van der Waals surface area contributed by atoms with Crippen LogP contribution < -0.4 is 0 Å². The number of benzene rings is 2. The minimum absolute atomic E-state index is 0.113. The summed E-state index contributed by atoms with van der Waals surface area (Å²) in [5.74, 6) is 0.632. The van der Waals surface area contributed by atoms with E-state index in [9.17, 15) is 4.79 Å². The average molecular weight is 453 g/mol. The molecule has 0 unspecified atom stereocenters. The molecule has 1 heterocycles. The van der Waals surface area contributed by atoms with Crippen molar-refractivity contribution in [3.05, 3.63) is 86.9 Å². The molecule has 1 aromatic heterocycles. The van der Waals surface area contributed by atoms with Crippen molar-refractivity contribution in [2.45, 2.75) is 13.1 Å². The van der Waals surface area contributed by atoms with E-state index in [1.165, 1.54) is 0 Å². The first-order valence-corrected chi connectivity index (χ1v) is 10.1. The fourth-order valence-electron chi connectivity index (χ4n) is 2.87. The third-order valence-electron chi connectivity index (χ3n) is 4.43. The molecule has 0 aliphatic rings. The van der Waals surface area contributed by atoms with Crippen LogP contribution in [0.25, 0.3) is 0 Å². The van der Waals surface area contributed by atoms with Gasteiger partial charge in [-0.1, -0.05) is 40.9 Å². The Morgan fingerprint density at radius 2 is 1.83 bits per heavy atom. The van der Waals surface area contributed by atoms with Gasteiger partial charge >= 0.3 is 0 Å². The molecule has 0 radical (unpaired) electrons. The average Bonchev–Trinajstić information content (AvgIpc) is 3.14. The summed E-state index contributed by atoms with van der Waals surface area (Å²) in [7, 11) is 1.61. The number of ether oxygens (including phenoxy) is 1. The number of hydrogen-bond acceptors (Lipinski definition) is 3. The lowest BCUT2D eigenvalue weighted by atomic mass is 10.2. The summed E-state index contributed by atoms with van der Waals surface area (Å²) in [5, 5.41) is 1.76. The highest BCUT2D eigenvalue weighted by atomic mass is 35.5. The van der Waals surface area contributed by atoms with Gasteiger partial charge in [-0.15, -0.1) is 0 Å². The van der Waals surface area contributed by atoms with E-state index in [1.807, 2.05) is 16.8 Å². The molecule has 0 N–H and O–H groups in total. The normalized spacial score (nSPS) is 10.9. The fourth-order valence-corrected chi connectivity index (χ4v) is 3.46. The molecule has 0 spiro atoms. The van der Waals surface area contributed by atoms with Crippen molar-refractivity contribution in [2.75, 3.05) is 20.3 Å². The molecule has 0 saturated carbocycles. The van der Waals surface area contributed by atoms with Crippen molar-refractivity contribution in [3.8, 4) is 0 Å². The number of imidazole rings is 1. The van der Waals surface area contributed by atoms with Gasteiger partial charge in [-0.2, -0.15) is 0 Å². The van der Waals surface area contributed by atoms with Crippen LogP contribution in [0, 0.1) is 0 Å². The minimum atomic E-state index is -0.113. The molecule has 3 aromatic rings. The maximum Gasteiger partial charge on any atom is 0.254 e. The fraction of sp³-hybridized carbons (Fsp3) is 0.238. The zero-order chi connectivity index (χ0) is 20.8. The van der Waals surface area contributed by atoms with Gasteiger partial charge < -0.3 is 14.2 Å². The second kappa shape index (κ2) is 10.1. The van der Waals surface area contributed by atoms with Crippen LogP contribution in [0.3, 0.4) is 0 Å². The molecular weight excluding hydrogens is 433 g/mol. The minimum Gasteiger partial charge on any atom is -0.383 e. The van der Waals surface area contributed by atoms with Crippen molar-refractivity contribution in [1.82, 2.24) is 14.5 Å². The van der Waals surface area contributed by atoms with Crippen LogP contribution in [0.15, 0.2) is 54.9 Å². The van der Waals surface area contributed by atoms with E-state index in [0.717, 1.165) is 11.4 Å². The number of carbonyl (C=O) groups is 1. The van der Waals surface area contributed by atoms with Gasteiger partial charge in [0.25, 0.3) is 5.91 Å². The summed E-state index contributed by atoms with van der Waals surface area (Å²) < 4.78 is 7.14. The Kier molecular flexibility index (Phi) is 7.56. The van der Waals surface area contributed by atoms with Crippen LogP contribution in [-0.4, -0.2) is 40.6 Å². The van der Waals surface area contributed by atoms with Gasteiger partial charge in [0.2, 0.25) is 0 Å². The third-order valence-corrected chi connectivity index (χ3v) is 5.27. The molecule has 8 heteroatoms. The van der Waals surface area contributed by atoms with Gasteiger partial charge in [-0.05, 0) is 42.0 Å². The number of aromatic nitrogens is 2. The largest absolute Gasteiger partial charge is 0.383 e. The van der Waals surface area contributed by atoms with Crippen LogP contribution in [0.5, 0.6) is 0 Å². The van der Waals surface area contributed by atoms with E-state index in [-0.39, 0.29) is 5.91 Å². The van der Waals surface area contributed by atoms with Gasteiger partial charge in [0.1, 0.15) is 5.82 Å². The van der Waals surface area contributed by atoms with E-state index in [4.69, 9.17) is 39.5 Å². The zero-order valence-electron chi connectivity index (χ0n) is 15.8. The first-order chi connectivity index (χ1) is 14.0. The molecule has 0 aliphatic heterocycles. The Bertz CT molecular complexity index is 974. The quantitative estimate of drug-likeness (QED) is 0.473. The van der Waals surface area contributed by atoms with Crippen LogP contribution in [0.2, 0.25) is 15.1 Å². The number of amides is 1. The van der Waals surface area contributed by atoms with E-state index in [0.29, 0.717) is 46.9 Å². The van der Waals surface area contributed by atoms with Crippen molar-refractivity contribution >= 4 is 40.7 Å². The maximum atomic E-state index is 13.0. The monoisotopic (exact) mass is 451 g/mol. The second-order valence-corrected chi connectivity index (χ2v) is 7.71.